The number of ether oxygens (including phenoxy) is 1. The zero-order valence-electron chi connectivity index (χ0n) is 11.5. The van der Waals surface area contributed by atoms with Crippen LogP contribution in [0.2, 0.25) is 0 Å². The maximum Gasteiger partial charge on any atom is 0.212 e. The van der Waals surface area contributed by atoms with Crippen molar-refractivity contribution < 1.29 is 4.74 Å². The van der Waals surface area contributed by atoms with E-state index in [0.717, 1.165) is 12.2 Å². The highest BCUT2D eigenvalue weighted by Crippen LogP contribution is 2.20. The van der Waals surface area contributed by atoms with E-state index in [4.69, 9.17) is 4.74 Å². The fraction of sp³-hybridized carbons (Fsp3) is 0.462. The number of benzene rings is 1. The van der Waals surface area contributed by atoms with Crippen LogP contribution in [-0.4, -0.2) is 27.3 Å². The first-order valence-corrected chi connectivity index (χ1v) is 6.35. The summed E-state index contributed by atoms with van der Waals surface area (Å²) in [7, 11) is 3.70. The predicted octanol–water partition coefficient (Wildman–Crippen LogP) is 1.46. The number of rotatable bonds is 6. The second kappa shape index (κ2) is 6.29. The predicted molar refractivity (Wildman–Crippen MR) is 71.7 cm³/mol. The minimum Gasteiger partial charge on any atom is -0.485 e. The summed E-state index contributed by atoms with van der Waals surface area (Å²) < 4.78 is 5.61. The van der Waals surface area contributed by atoms with Gasteiger partial charge in [-0.15, -0.1) is 10.2 Å². The van der Waals surface area contributed by atoms with E-state index < -0.39 is 0 Å². The number of aryl methyl sites for hydroxylation is 1. The van der Waals surface area contributed by atoms with Crippen LogP contribution in [-0.2, 0) is 13.7 Å². The number of tetrazole rings is 1. The van der Waals surface area contributed by atoms with Crippen LogP contribution in [0.15, 0.2) is 24.3 Å². The molecule has 0 amide bonds. The molecule has 6 heteroatoms. The van der Waals surface area contributed by atoms with Crippen molar-refractivity contribution in [2.24, 2.45) is 7.05 Å². The normalized spacial score (nSPS) is 12.4. The minimum absolute atomic E-state index is 0.330. The molecular weight excluding hydrogens is 242 g/mol. The summed E-state index contributed by atoms with van der Waals surface area (Å²) in [5.74, 6) is 1.38. The summed E-state index contributed by atoms with van der Waals surface area (Å²) in [6.45, 7) is 2.49. The van der Waals surface area contributed by atoms with Crippen molar-refractivity contribution in [1.82, 2.24) is 25.5 Å². The Labute approximate surface area is 112 Å². The van der Waals surface area contributed by atoms with E-state index in [-0.39, 0.29) is 0 Å². The van der Waals surface area contributed by atoms with Gasteiger partial charge in [0, 0.05) is 6.04 Å². The minimum atomic E-state index is 0.330. The smallest absolute Gasteiger partial charge is 0.212 e. The number of nitrogens with one attached hydrogen (secondary N) is 1. The van der Waals surface area contributed by atoms with Gasteiger partial charge < -0.3 is 10.1 Å². The first kappa shape index (κ1) is 13.5. The van der Waals surface area contributed by atoms with Crippen molar-refractivity contribution >= 4 is 0 Å². The molecule has 1 aromatic carbocycles. The maximum atomic E-state index is 5.61. The van der Waals surface area contributed by atoms with Gasteiger partial charge in [0.05, 0.1) is 7.05 Å². The molecule has 0 aliphatic rings. The molecule has 2 aromatic rings. The van der Waals surface area contributed by atoms with Crippen LogP contribution >= 0.6 is 0 Å². The largest absolute Gasteiger partial charge is 0.485 e. The van der Waals surface area contributed by atoms with E-state index in [9.17, 15) is 0 Å². The Hall–Kier alpha value is -1.95. The van der Waals surface area contributed by atoms with E-state index in [1.165, 1.54) is 10.4 Å². The van der Waals surface area contributed by atoms with Gasteiger partial charge in [-0.1, -0.05) is 19.1 Å². The molecule has 0 radical (unpaired) electrons. The zero-order valence-corrected chi connectivity index (χ0v) is 11.5. The van der Waals surface area contributed by atoms with Crippen LogP contribution in [0.3, 0.4) is 0 Å². The molecule has 19 heavy (non-hydrogen) atoms. The van der Waals surface area contributed by atoms with Crippen molar-refractivity contribution in [3.05, 3.63) is 35.7 Å². The first-order valence-electron chi connectivity index (χ1n) is 6.35. The van der Waals surface area contributed by atoms with E-state index in [1.807, 2.05) is 19.2 Å². The Kier molecular flexibility index (Phi) is 4.46. The number of hydrogen-bond acceptors (Lipinski definition) is 5. The van der Waals surface area contributed by atoms with Gasteiger partial charge in [0.15, 0.2) is 6.61 Å². The molecular formula is C13H19N5O. The van der Waals surface area contributed by atoms with Gasteiger partial charge in [-0.25, -0.2) is 0 Å². The average Bonchev–Trinajstić information content (AvgIpc) is 2.85. The second-order valence-corrected chi connectivity index (χ2v) is 4.30. The molecule has 0 aliphatic heterocycles. The summed E-state index contributed by atoms with van der Waals surface area (Å²) in [4.78, 5) is 1.42. The molecule has 6 nitrogen and oxygen atoms in total. The molecule has 0 saturated carbocycles. The zero-order chi connectivity index (χ0) is 13.7. The number of hydrogen-bond donors (Lipinski definition) is 1. The van der Waals surface area contributed by atoms with Gasteiger partial charge in [0.2, 0.25) is 5.82 Å². The maximum absolute atomic E-state index is 5.61. The van der Waals surface area contributed by atoms with Gasteiger partial charge in [-0.2, -0.15) is 4.80 Å². The Bertz CT molecular complexity index is 504. The van der Waals surface area contributed by atoms with Crippen LogP contribution in [0.5, 0.6) is 5.75 Å². The lowest BCUT2D eigenvalue weighted by Crippen LogP contribution is -2.14. The molecule has 0 saturated heterocycles. The van der Waals surface area contributed by atoms with Crippen LogP contribution in [0.25, 0.3) is 0 Å². The quantitative estimate of drug-likeness (QED) is 0.852. The third kappa shape index (κ3) is 3.51. The van der Waals surface area contributed by atoms with Crippen molar-refractivity contribution in [2.45, 2.75) is 26.0 Å². The molecule has 2 rings (SSSR count). The molecule has 0 spiro atoms. The molecule has 1 unspecified atom stereocenters. The second-order valence-electron chi connectivity index (χ2n) is 4.30. The lowest BCUT2D eigenvalue weighted by molar-refractivity contribution is 0.295. The van der Waals surface area contributed by atoms with E-state index in [1.54, 1.807) is 7.05 Å². The van der Waals surface area contributed by atoms with Gasteiger partial charge in [0.1, 0.15) is 5.75 Å². The summed E-state index contributed by atoms with van der Waals surface area (Å²) in [6, 6.07) is 8.46. The topological polar surface area (TPSA) is 64.9 Å². The van der Waals surface area contributed by atoms with Gasteiger partial charge in [-0.3, -0.25) is 0 Å². The highest BCUT2D eigenvalue weighted by molar-refractivity contribution is 5.29. The van der Waals surface area contributed by atoms with Crippen molar-refractivity contribution in [3.8, 4) is 5.75 Å². The van der Waals surface area contributed by atoms with Crippen LogP contribution < -0.4 is 10.1 Å². The lowest BCUT2D eigenvalue weighted by atomic mass is 10.1. The molecule has 1 heterocycles. The van der Waals surface area contributed by atoms with Gasteiger partial charge in [0.25, 0.3) is 0 Å². The molecule has 0 aliphatic carbocycles. The number of aromatic nitrogens is 4. The Morgan fingerprint density at radius 3 is 2.58 bits per heavy atom. The number of nitrogens with zero attached hydrogens (tertiary/aromatic N) is 4. The standard InChI is InChI=1S/C13H19N5O/c1-4-12(14-2)10-5-7-11(8-6-10)19-9-13-15-17-18(3)16-13/h5-8,12,14H,4,9H2,1-3H3. The first-order chi connectivity index (χ1) is 9.22. The Balaban J connectivity index is 1.95. The van der Waals surface area contributed by atoms with Crippen LogP contribution in [0.1, 0.15) is 30.8 Å². The van der Waals surface area contributed by atoms with Crippen molar-refractivity contribution in [3.63, 3.8) is 0 Å². The van der Waals surface area contributed by atoms with Crippen molar-refractivity contribution in [1.29, 1.82) is 0 Å². The molecule has 0 bridgehead atoms. The van der Waals surface area contributed by atoms with Gasteiger partial charge in [-0.05, 0) is 36.4 Å². The monoisotopic (exact) mass is 261 g/mol. The highest BCUT2D eigenvalue weighted by Gasteiger charge is 2.06. The summed E-state index contributed by atoms with van der Waals surface area (Å²) >= 11 is 0. The third-order valence-corrected chi connectivity index (χ3v) is 2.96. The summed E-state index contributed by atoms with van der Waals surface area (Å²) in [5.41, 5.74) is 1.26. The highest BCUT2D eigenvalue weighted by atomic mass is 16.5. The molecule has 0 fully saturated rings. The molecule has 1 aromatic heterocycles. The lowest BCUT2D eigenvalue weighted by Gasteiger charge is -2.14. The van der Waals surface area contributed by atoms with E-state index in [2.05, 4.69) is 39.8 Å². The molecule has 1 N–H and O–H groups in total. The molecule has 102 valence electrons. The molecule has 1 atom stereocenters. The van der Waals surface area contributed by atoms with E-state index >= 15 is 0 Å². The van der Waals surface area contributed by atoms with Gasteiger partial charge >= 0.3 is 0 Å². The fourth-order valence-electron chi connectivity index (χ4n) is 1.93. The Morgan fingerprint density at radius 1 is 1.32 bits per heavy atom. The Morgan fingerprint density at radius 2 is 2.05 bits per heavy atom. The summed E-state index contributed by atoms with van der Waals surface area (Å²) in [6.07, 6.45) is 1.06. The SMILES string of the molecule is CCC(NC)c1ccc(OCc2nnn(C)n2)cc1. The average molecular weight is 261 g/mol. The summed E-state index contributed by atoms with van der Waals surface area (Å²) in [5, 5.41) is 15.0. The van der Waals surface area contributed by atoms with Crippen LogP contribution in [0.4, 0.5) is 0 Å². The third-order valence-electron chi connectivity index (χ3n) is 2.96. The van der Waals surface area contributed by atoms with E-state index in [0.29, 0.717) is 18.5 Å². The van der Waals surface area contributed by atoms with Crippen LogP contribution in [0, 0.1) is 0 Å². The fourth-order valence-corrected chi connectivity index (χ4v) is 1.93. The van der Waals surface area contributed by atoms with Crippen molar-refractivity contribution in [2.75, 3.05) is 7.05 Å².